The highest BCUT2D eigenvalue weighted by Crippen LogP contribution is 2.49. The van der Waals surface area contributed by atoms with Gasteiger partial charge in [0.05, 0.1) is 26.9 Å². The zero-order valence-electron chi connectivity index (χ0n) is 17.6. The second-order valence-corrected chi connectivity index (χ2v) is 8.63. The Morgan fingerprint density at radius 2 is 1.54 bits per heavy atom. The molecule has 156 valence electrons. The van der Waals surface area contributed by atoms with Gasteiger partial charge in [-0.2, -0.15) is 0 Å². The van der Waals surface area contributed by atoms with Gasteiger partial charge in [-0.3, -0.25) is 0 Å². The number of carbonyl (C=O) groups excluding carboxylic acids is 1. The number of ether oxygens (including phenoxy) is 4. The Kier molecular flexibility index (Phi) is 5.40. The number of fused-ring (bicyclic) bond motifs is 2. The highest BCUT2D eigenvalue weighted by atomic mass is 16.6. The molecule has 0 aliphatic carbocycles. The molecule has 2 bridgehead atoms. The van der Waals surface area contributed by atoms with Gasteiger partial charge in [0.15, 0.2) is 11.5 Å². The fraction of sp³-hybridized carbons (Fsp3) is 0.667. The number of hydrogen-bond donors (Lipinski definition) is 1. The van der Waals surface area contributed by atoms with Gasteiger partial charge in [-0.1, -0.05) is 0 Å². The van der Waals surface area contributed by atoms with Crippen molar-refractivity contribution in [2.75, 3.05) is 21.3 Å². The van der Waals surface area contributed by atoms with Crippen LogP contribution in [0, 0.1) is 0 Å². The maximum Gasteiger partial charge on any atom is 0.410 e. The van der Waals surface area contributed by atoms with Crippen LogP contribution in [0.25, 0.3) is 0 Å². The van der Waals surface area contributed by atoms with Crippen LogP contribution in [0.2, 0.25) is 0 Å². The summed E-state index contributed by atoms with van der Waals surface area (Å²) in [7, 11) is 4.66. The first kappa shape index (κ1) is 20.6. The Morgan fingerprint density at radius 3 is 1.93 bits per heavy atom. The quantitative estimate of drug-likeness (QED) is 0.844. The van der Waals surface area contributed by atoms with Gasteiger partial charge in [0.2, 0.25) is 5.75 Å². The summed E-state index contributed by atoms with van der Waals surface area (Å²) in [5.74, 6) is 1.51. The van der Waals surface area contributed by atoms with Crippen LogP contribution in [0.5, 0.6) is 17.2 Å². The second kappa shape index (κ2) is 7.35. The van der Waals surface area contributed by atoms with Crippen molar-refractivity contribution in [2.24, 2.45) is 0 Å². The van der Waals surface area contributed by atoms with Crippen LogP contribution in [0.15, 0.2) is 12.1 Å². The molecular formula is C21H31NO6. The number of carbonyl (C=O) groups is 1. The number of benzene rings is 1. The van der Waals surface area contributed by atoms with E-state index in [9.17, 15) is 9.90 Å². The molecule has 1 N–H and O–H groups in total. The Labute approximate surface area is 166 Å². The van der Waals surface area contributed by atoms with Crippen LogP contribution < -0.4 is 14.2 Å². The number of hydrogen-bond acceptors (Lipinski definition) is 6. The van der Waals surface area contributed by atoms with Crippen LogP contribution in [-0.4, -0.2) is 55.1 Å². The van der Waals surface area contributed by atoms with Gasteiger partial charge in [-0.05, 0) is 51.3 Å². The topological polar surface area (TPSA) is 77.5 Å². The predicted molar refractivity (Wildman–Crippen MR) is 104 cm³/mol. The van der Waals surface area contributed by atoms with Crippen LogP contribution in [0.3, 0.4) is 0 Å². The second-order valence-electron chi connectivity index (χ2n) is 8.63. The molecule has 0 spiro atoms. The molecule has 28 heavy (non-hydrogen) atoms. The minimum absolute atomic E-state index is 0.0577. The maximum absolute atomic E-state index is 12.7. The maximum atomic E-state index is 12.7. The molecule has 3 rings (SSSR count). The molecule has 7 heteroatoms. The van der Waals surface area contributed by atoms with Gasteiger partial charge in [0, 0.05) is 24.9 Å². The molecule has 1 amide bonds. The lowest BCUT2D eigenvalue weighted by molar-refractivity contribution is -0.0626. The smallest absolute Gasteiger partial charge is 0.410 e. The predicted octanol–water partition coefficient (Wildman–Crippen LogP) is 3.46. The van der Waals surface area contributed by atoms with Gasteiger partial charge in [0.1, 0.15) is 5.60 Å². The largest absolute Gasteiger partial charge is 0.493 e. The molecule has 2 atom stereocenters. The van der Waals surface area contributed by atoms with Crippen LogP contribution >= 0.6 is 0 Å². The zero-order chi connectivity index (χ0) is 20.7. The van der Waals surface area contributed by atoms with Gasteiger partial charge in [0.25, 0.3) is 0 Å². The molecule has 2 unspecified atom stereocenters. The van der Waals surface area contributed by atoms with E-state index in [1.54, 1.807) is 33.5 Å². The molecule has 2 fully saturated rings. The Bertz CT molecular complexity index is 702. The van der Waals surface area contributed by atoms with Gasteiger partial charge >= 0.3 is 6.09 Å². The number of amides is 1. The average Bonchev–Trinajstić information content (AvgIpc) is 2.91. The molecule has 7 nitrogen and oxygen atoms in total. The van der Waals surface area contributed by atoms with E-state index in [2.05, 4.69) is 0 Å². The van der Waals surface area contributed by atoms with Crippen LogP contribution in [0.4, 0.5) is 4.79 Å². The van der Waals surface area contributed by atoms with Crippen molar-refractivity contribution in [3.63, 3.8) is 0 Å². The minimum atomic E-state index is -1.07. The molecule has 2 aliphatic rings. The standard InChI is InChI=1S/C21H31NO6/c1-20(2,3)28-19(23)22-14-7-8-15(22)12-21(24,11-14)13-9-16(25-4)18(27-6)17(10-13)26-5/h9-10,14-15,24H,7-8,11-12H2,1-6H3. The zero-order valence-corrected chi connectivity index (χ0v) is 17.6. The Balaban J connectivity index is 1.89. The van der Waals surface area contributed by atoms with E-state index < -0.39 is 11.2 Å². The van der Waals surface area contributed by atoms with E-state index in [4.69, 9.17) is 18.9 Å². The summed E-state index contributed by atoms with van der Waals surface area (Å²) in [5.41, 5.74) is -0.902. The number of methoxy groups -OCH3 is 3. The summed E-state index contributed by atoms with van der Waals surface area (Å²) in [5, 5.41) is 11.5. The van der Waals surface area contributed by atoms with E-state index in [0.717, 1.165) is 12.8 Å². The lowest BCUT2D eigenvalue weighted by atomic mass is 9.80. The third-order valence-electron chi connectivity index (χ3n) is 5.57. The average molecular weight is 393 g/mol. The molecule has 2 heterocycles. The molecule has 2 aliphatic heterocycles. The molecule has 0 radical (unpaired) electrons. The summed E-state index contributed by atoms with van der Waals surface area (Å²) >= 11 is 0. The number of rotatable bonds is 4. The highest BCUT2D eigenvalue weighted by molar-refractivity contribution is 5.70. The fourth-order valence-corrected chi connectivity index (χ4v) is 4.42. The van der Waals surface area contributed by atoms with E-state index in [-0.39, 0.29) is 18.2 Å². The normalized spacial score (nSPS) is 26.8. The van der Waals surface area contributed by atoms with E-state index in [1.807, 2.05) is 25.7 Å². The lowest BCUT2D eigenvalue weighted by Gasteiger charge is -2.44. The number of aliphatic hydroxyl groups is 1. The van der Waals surface area contributed by atoms with Crippen molar-refractivity contribution in [3.8, 4) is 17.2 Å². The summed E-state index contributed by atoms with van der Waals surface area (Å²) < 4.78 is 21.8. The van der Waals surface area contributed by atoms with Gasteiger partial charge in [-0.25, -0.2) is 4.79 Å². The first-order valence-electron chi connectivity index (χ1n) is 9.66. The third-order valence-corrected chi connectivity index (χ3v) is 5.57. The summed E-state index contributed by atoms with van der Waals surface area (Å²) in [6.07, 6.45) is 2.31. The molecule has 1 aromatic rings. The van der Waals surface area contributed by atoms with E-state index in [0.29, 0.717) is 35.7 Å². The Morgan fingerprint density at radius 1 is 1.04 bits per heavy atom. The van der Waals surface area contributed by atoms with Gasteiger partial charge in [-0.15, -0.1) is 0 Å². The summed E-state index contributed by atoms with van der Waals surface area (Å²) in [6.45, 7) is 5.59. The van der Waals surface area contributed by atoms with Crippen molar-refractivity contribution in [2.45, 2.75) is 69.7 Å². The third kappa shape index (κ3) is 3.72. The van der Waals surface area contributed by atoms with Crippen molar-refractivity contribution in [1.82, 2.24) is 4.90 Å². The van der Waals surface area contributed by atoms with Crippen molar-refractivity contribution >= 4 is 6.09 Å². The van der Waals surface area contributed by atoms with Crippen LogP contribution in [-0.2, 0) is 10.3 Å². The van der Waals surface area contributed by atoms with Crippen molar-refractivity contribution in [1.29, 1.82) is 0 Å². The fourth-order valence-electron chi connectivity index (χ4n) is 4.42. The van der Waals surface area contributed by atoms with Crippen molar-refractivity contribution < 1.29 is 28.8 Å². The number of piperidine rings is 1. The lowest BCUT2D eigenvalue weighted by Crippen LogP contribution is -2.53. The Hall–Kier alpha value is -2.15. The molecular weight excluding hydrogens is 362 g/mol. The molecule has 1 aromatic carbocycles. The van der Waals surface area contributed by atoms with Crippen LogP contribution in [0.1, 0.15) is 52.0 Å². The summed E-state index contributed by atoms with van der Waals surface area (Å²) in [4.78, 5) is 14.5. The monoisotopic (exact) mass is 393 g/mol. The first-order chi connectivity index (χ1) is 13.1. The highest BCUT2D eigenvalue weighted by Gasteiger charge is 2.51. The van der Waals surface area contributed by atoms with E-state index in [1.165, 1.54) is 0 Å². The SMILES string of the molecule is COc1cc(C2(O)CC3CCC(C2)N3C(=O)OC(C)(C)C)cc(OC)c1OC. The minimum Gasteiger partial charge on any atom is -0.493 e. The summed E-state index contributed by atoms with van der Waals surface area (Å²) in [6, 6.07) is 3.48. The molecule has 2 saturated heterocycles. The van der Waals surface area contributed by atoms with Crippen molar-refractivity contribution in [3.05, 3.63) is 17.7 Å². The van der Waals surface area contributed by atoms with E-state index >= 15 is 0 Å². The first-order valence-corrected chi connectivity index (χ1v) is 9.66. The molecule has 0 aromatic heterocycles. The van der Waals surface area contributed by atoms with Gasteiger partial charge < -0.3 is 29.0 Å². The molecule has 0 saturated carbocycles. The number of nitrogens with zero attached hydrogens (tertiary/aromatic N) is 1.